The minimum Gasteiger partial charge on any atom is -0.496 e. The highest BCUT2D eigenvalue weighted by molar-refractivity contribution is 5.92. The van der Waals surface area contributed by atoms with Crippen LogP contribution in [0.1, 0.15) is 61.3 Å². The van der Waals surface area contributed by atoms with Crippen LogP contribution in [-0.4, -0.2) is 63.7 Å². The largest absolute Gasteiger partial charge is 0.496 e. The van der Waals surface area contributed by atoms with Crippen molar-refractivity contribution in [2.75, 3.05) is 14.2 Å². The molecule has 4 aromatic rings. The van der Waals surface area contributed by atoms with Crippen LogP contribution in [0.2, 0.25) is 0 Å². The normalized spacial score (nSPS) is 15.9. The molecule has 1 aliphatic rings. The number of carbonyl (C=O) groups is 2. The van der Waals surface area contributed by atoms with E-state index in [2.05, 4.69) is 9.97 Å². The number of aromatic nitrogens is 2. The molecule has 0 aliphatic heterocycles. The van der Waals surface area contributed by atoms with Crippen LogP contribution >= 0.6 is 0 Å². The number of aryl methyl sites for hydroxylation is 1. The minimum absolute atomic E-state index is 0.154. The van der Waals surface area contributed by atoms with Gasteiger partial charge < -0.3 is 34.5 Å². The molecule has 1 unspecified atom stereocenters. The lowest BCUT2D eigenvalue weighted by Crippen LogP contribution is -2.29. The molecular weight excluding hydrogens is 528 g/mol. The van der Waals surface area contributed by atoms with Crippen molar-refractivity contribution < 1.29 is 39.1 Å². The van der Waals surface area contributed by atoms with Crippen molar-refractivity contribution in [3.63, 3.8) is 0 Å². The standard InChI is InChI=1S/C31H32N2O8/c1-16-26(39-2)14-21(15-27(16)40-3)29(34)25(41-22-11-17-4-5-18(30(35)36)10-20(17)12-22)8-9-28-32-23-7-6-19(31(37)38)13-24(23)33-28/h4-7,10,13-15,22,25,29,34H,8-9,11-12H2,1-3H3,(H,32,33)(H,35,36)(H,37,38)/t22?,25-,29+/m0/s1. The summed E-state index contributed by atoms with van der Waals surface area (Å²) < 4.78 is 17.6. The SMILES string of the molecule is COc1cc([C@@H](O)[C@H](CCc2nc3cc(C(=O)O)ccc3[nH]2)OC2Cc3ccc(C(=O)O)cc3C2)cc(OC)c1C. The van der Waals surface area contributed by atoms with Gasteiger partial charge in [-0.2, -0.15) is 0 Å². The van der Waals surface area contributed by atoms with Crippen LogP contribution in [0, 0.1) is 6.92 Å². The maximum Gasteiger partial charge on any atom is 0.335 e. The third-order valence-corrected chi connectivity index (χ3v) is 7.63. The highest BCUT2D eigenvalue weighted by atomic mass is 16.5. The van der Waals surface area contributed by atoms with Gasteiger partial charge in [-0.05, 0) is 85.3 Å². The van der Waals surface area contributed by atoms with Gasteiger partial charge in [-0.1, -0.05) is 6.07 Å². The lowest BCUT2D eigenvalue weighted by Gasteiger charge is -2.27. The number of aliphatic hydroxyl groups excluding tert-OH is 1. The zero-order valence-corrected chi connectivity index (χ0v) is 23.0. The Hall–Kier alpha value is -4.41. The second kappa shape index (κ2) is 11.6. The predicted octanol–water partition coefficient (Wildman–Crippen LogP) is 4.50. The quantitative estimate of drug-likeness (QED) is 0.208. The zero-order valence-electron chi connectivity index (χ0n) is 23.0. The van der Waals surface area contributed by atoms with Crippen LogP contribution in [0.25, 0.3) is 11.0 Å². The molecule has 3 atom stereocenters. The Morgan fingerprint density at radius 3 is 2.24 bits per heavy atom. The highest BCUT2D eigenvalue weighted by Gasteiger charge is 2.31. The number of hydrogen-bond acceptors (Lipinski definition) is 7. The summed E-state index contributed by atoms with van der Waals surface area (Å²) >= 11 is 0. The Balaban J connectivity index is 1.40. The molecule has 1 heterocycles. The molecule has 0 spiro atoms. The van der Waals surface area contributed by atoms with E-state index in [0.717, 1.165) is 22.2 Å². The van der Waals surface area contributed by atoms with Crippen LogP contribution < -0.4 is 9.47 Å². The first-order chi connectivity index (χ1) is 19.7. The molecule has 0 amide bonds. The van der Waals surface area contributed by atoms with E-state index in [1.165, 1.54) is 12.1 Å². The van der Waals surface area contributed by atoms with Gasteiger partial charge in [-0.25, -0.2) is 14.6 Å². The first-order valence-corrected chi connectivity index (χ1v) is 13.3. The Morgan fingerprint density at radius 1 is 0.951 bits per heavy atom. The Kier molecular flexibility index (Phi) is 7.96. The van der Waals surface area contributed by atoms with Crippen molar-refractivity contribution >= 4 is 23.0 Å². The first kappa shape index (κ1) is 28.1. The number of methoxy groups -OCH3 is 2. The maximum atomic E-state index is 11.6. The van der Waals surface area contributed by atoms with Gasteiger partial charge in [-0.3, -0.25) is 0 Å². The summed E-state index contributed by atoms with van der Waals surface area (Å²) in [7, 11) is 3.12. The average molecular weight is 561 g/mol. The number of carboxylic acids is 2. The monoisotopic (exact) mass is 560 g/mol. The van der Waals surface area contributed by atoms with E-state index in [1.807, 2.05) is 13.0 Å². The predicted molar refractivity (Wildman–Crippen MR) is 150 cm³/mol. The van der Waals surface area contributed by atoms with E-state index >= 15 is 0 Å². The summed E-state index contributed by atoms with van der Waals surface area (Å²) in [5.41, 5.74) is 4.99. The average Bonchev–Trinajstić information content (AvgIpc) is 3.57. The van der Waals surface area contributed by atoms with Crippen molar-refractivity contribution in [3.05, 3.63) is 87.7 Å². The number of aromatic carboxylic acids is 2. The highest BCUT2D eigenvalue weighted by Crippen LogP contribution is 2.36. The Bertz CT molecular complexity index is 1590. The van der Waals surface area contributed by atoms with E-state index in [-0.39, 0.29) is 17.2 Å². The fraction of sp³-hybridized carbons (Fsp3) is 0.323. The summed E-state index contributed by atoms with van der Waals surface area (Å²) in [6.07, 6.45) is 0.0367. The van der Waals surface area contributed by atoms with Crippen molar-refractivity contribution in [2.45, 2.75) is 50.9 Å². The zero-order chi connectivity index (χ0) is 29.3. The molecule has 0 bridgehead atoms. The van der Waals surface area contributed by atoms with Gasteiger partial charge in [0.05, 0.1) is 48.6 Å². The van der Waals surface area contributed by atoms with Crippen LogP contribution in [0.5, 0.6) is 11.5 Å². The van der Waals surface area contributed by atoms with Crippen molar-refractivity contribution in [2.24, 2.45) is 0 Å². The number of rotatable bonds is 11. The molecule has 5 rings (SSSR count). The third-order valence-electron chi connectivity index (χ3n) is 7.63. The molecule has 41 heavy (non-hydrogen) atoms. The van der Waals surface area contributed by atoms with Crippen LogP contribution in [0.15, 0.2) is 48.5 Å². The van der Waals surface area contributed by atoms with E-state index in [0.29, 0.717) is 54.1 Å². The molecule has 0 saturated carbocycles. The molecule has 0 fully saturated rings. The molecule has 214 valence electrons. The van der Waals surface area contributed by atoms with Crippen LogP contribution in [0.4, 0.5) is 0 Å². The van der Waals surface area contributed by atoms with Crippen LogP contribution in [0.3, 0.4) is 0 Å². The van der Waals surface area contributed by atoms with Gasteiger partial charge in [0.25, 0.3) is 0 Å². The summed E-state index contributed by atoms with van der Waals surface area (Å²) in [6, 6.07) is 13.4. The van der Waals surface area contributed by atoms with Gasteiger partial charge >= 0.3 is 11.9 Å². The summed E-state index contributed by atoms with van der Waals surface area (Å²) in [4.78, 5) is 30.6. The van der Waals surface area contributed by atoms with Gasteiger partial charge in [0.2, 0.25) is 0 Å². The summed E-state index contributed by atoms with van der Waals surface area (Å²) in [5, 5.41) is 30.3. The van der Waals surface area contributed by atoms with Crippen LogP contribution in [-0.2, 0) is 24.0 Å². The molecule has 3 aromatic carbocycles. The van der Waals surface area contributed by atoms with Gasteiger partial charge in [0, 0.05) is 12.0 Å². The second-order valence-corrected chi connectivity index (χ2v) is 10.2. The number of aliphatic hydroxyl groups is 1. The van der Waals surface area contributed by atoms with Gasteiger partial charge in [-0.15, -0.1) is 0 Å². The summed E-state index contributed by atoms with van der Waals surface area (Å²) in [5.74, 6) is -0.196. The number of imidazole rings is 1. The first-order valence-electron chi connectivity index (χ1n) is 13.3. The molecular formula is C31H32N2O8. The molecule has 0 saturated heterocycles. The molecule has 0 radical (unpaired) electrons. The Morgan fingerprint density at radius 2 is 1.59 bits per heavy atom. The number of benzene rings is 3. The fourth-order valence-corrected chi connectivity index (χ4v) is 5.44. The Labute approximate surface area is 236 Å². The topological polar surface area (TPSA) is 151 Å². The van der Waals surface area contributed by atoms with Crippen molar-refractivity contribution in [1.29, 1.82) is 0 Å². The maximum absolute atomic E-state index is 11.6. The molecule has 1 aromatic heterocycles. The fourth-order valence-electron chi connectivity index (χ4n) is 5.44. The van der Waals surface area contributed by atoms with Crippen molar-refractivity contribution in [3.8, 4) is 11.5 Å². The number of H-pyrrole nitrogens is 1. The lowest BCUT2D eigenvalue weighted by molar-refractivity contribution is -0.0784. The molecule has 4 N–H and O–H groups in total. The second-order valence-electron chi connectivity index (χ2n) is 10.2. The van der Waals surface area contributed by atoms with Gasteiger partial charge in [0.15, 0.2) is 0 Å². The number of nitrogens with one attached hydrogen (secondary N) is 1. The molecule has 10 nitrogen and oxygen atoms in total. The number of fused-ring (bicyclic) bond motifs is 2. The van der Waals surface area contributed by atoms with Gasteiger partial charge in [0.1, 0.15) is 23.4 Å². The van der Waals surface area contributed by atoms with Crippen molar-refractivity contribution in [1.82, 2.24) is 9.97 Å². The number of hydrogen-bond donors (Lipinski definition) is 4. The number of ether oxygens (including phenoxy) is 3. The molecule has 10 heteroatoms. The van der Waals surface area contributed by atoms with E-state index in [9.17, 15) is 24.9 Å². The smallest absolute Gasteiger partial charge is 0.335 e. The van der Waals surface area contributed by atoms with E-state index in [4.69, 9.17) is 14.2 Å². The molecule has 1 aliphatic carbocycles. The van der Waals surface area contributed by atoms with E-state index < -0.39 is 24.1 Å². The summed E-state index contributed by atoms with van der Waals surface area (Å²) in [6.45, 7) is 1.88. The number of carboxylic acid groups (broad SMARTS) is 2. The third kappa shape index (κ3) is 5.89. The number of nitrogens with zero attached hydrogens (tertiary/aromatic N) is 1. The lowest BCUT2D eigenvalue weighted by atomic mass is 9.98. The van der Waals surface area contributed by atoms with E-state index in [1.54, 1.807) is 44.6 Å². The minimum atomic E-state index is -1.03. The number of aromatic amines is 1.